The van der Waals surface area contributed by atoms with Crippen LogP contribution in [-0.4, -0.2) is 24.6 Å². The SMILES string of the molecule is CCCOc1ccc(-c2csc(NC(=O)C=Cc3ccc(OC)cc3)n2)cc1. The van der Waals surface area contributed by atoms with Crippen LogP contribution in [0.4, 0.5) is 5.13 Å². The molecule has 0 aliphatic rings. The fourth-order valence-corrected chi connectivity index (χ4v) is 3.16. The molecule has 1 aromatic heterocycles. The van der Waals surface area contributed by atoms with Gasteiger partial charge in [0.15, 0.2) is 5.13 Å². The molecular weight excluding hydrogens is 372 g/mol. The maximum atomic E-state index is 12.1. The van der Waals surface area contributed by atoms with Crippen molar-refractivity contribution in [3.63, 3.8) is 0 Å². The Morgan fingerprint density at radius 1 is 1.11 bits per heavy atom. The van der Waals surface area contributed by atoms with E-state index in [4.69, 9.17) is 9.47 Å². The average Bonchev–Trinajstić information content (AvgIpc) is 3.20. The predicted octanol–water partition coefficient (Wildman–Crippen LogP) is 5.26. The Balaban J connectivity index is 1.58. The summed E-state index contributed by atoms with van der Waals surface area (Å²) in [6.45, 7) is 2.78. The number of hydrogen-bond acceptors (Lipinski definition) is 5. The normalized spacial score (nSPS) is 10.8. The van der Waals surface area contributed by atoms with Crippen LogP contribution in [0.15, 0.2) is 60.0 Å². The van der Waals surface area contributed by atoms with E-state index in [-0.39, 0.29) is 5.91 Å². The second-order valence-electron chi connectivity index (χ2n) is 6.01. The van der Waals surface area contributed by atoms with Crippen molar-refractivity contribution in [2.24, 2.45) is 0 Å². The summed E-state index contributed by atoms with van der Waals surface area (Å²) < 4.78 is 10.7. The van der Waals surface area contributed by atoms with Crippen LogP contribution in [-0.2, 0) is 4.79 Å². The summed E-state index contributed by atoms with van der Waals surface area (Å²) in [5.74, 6) is 1.40. The minimum atomic E-state index is -0.222. The van der Waals surface area contributed by atoms with Crippen LogP contribution in [0.5, 0.6) is 11.5 Å². The zero-order valence-electron chi connectivity index (χ0n) is 15.8. The van der Waals surface area contributed by atoms with Crippen LogP contribution in [0.1, 0.15) is 18.9 Å². The third kappa shape index (κ3) is 5.44. The van der Waals surface area contributed by atoms with E-state index < -0.39 is 0 Å². The summed E-state index contributed by atoms with van der Waals surface area (Å²) in [6.07, 6.45) is 4.21. The fourth-order valence-electron chi connectivity index (χ4n) is 2.44. The van der Waals surface area contributed by atoms with Crippen molar-refractivity contribution < 1.29 is 14.3 Å². The molecule has 3 aromatic rings. The van der Waals surface area contributed by atoms with Gasteiger partial charge in [-0.25, -0.2) is 4.98 Å². The molecular formula is C22H22N2O3S. The number of amides is 1. The van der Waals surface area contributed by atoms with Gasteiger partial charge in [-0.15, -0.1) is 11.3 Å². The molecule has 0 saturated heterocycles. The first-order chi connectivity index (χ1) is 13.7. The van der Waals surface area contributed by atoms with Crippen molar-refractivity contribution in [1.82, 2.24) is 4.98 Å². The Morgan fingerprint density at radius 2 is 1.82 bits per heavy atom. The van der Waals surface area contributed by atoms with Gasteiger partial charge in [0, 0.05) is 17.0 Å². The molecule has 5 nitrogen and oxygen atoms in total. The number of nitrogens with one attached hydrogen (secondary N) is 1. The molecule has 1 N–H and O–H groups in total. The van der Waals surface area contributed by atoms with E-state index in [0.717, 1.165) is 34.7 Å². The van der Waals surface area contributed by atoms with Gasteiger partial charge in [0.1, 0.15) is 11.5 Å². The Labute approximate surface area is 168 Å². The Bertz CT molecular complexity index is 931. The molecule has 0 saturated carbocycles. The third-order valence-electron chi connectivity index (χ3n) is 3.90. The van der Waals surface area contributed by atoms with Crippen LogP contribution < -0.4 is 14.8 Å². The molecule has 0 atom stereocenters. The zero-order chi connectivity index (χ0) is 19.8. The maximum absolute atomic E-state index is 12.1. The number of carbonyl (C=O) groups is 1. The molecule has 6 heteroatoms. The van der Waals surface area contributed by atoms with Crippen molar-refractivity contribution in [2.75, 3.05) is 19.0 Å². The smallest absolute Gasteiger partial charge is 0.250 e. The van der Waals surface area contributed by atoms with Gasteiger partial charge in [0.05, 0.1) is 19.4 Å². The largest absolute Gasteiger partial charge is 0.497 e. The quantitative estimate of drug-likeness (QED) is 0.530. The number of rotatable bonds is 8. The molecule has 3 rings (SSSR count). The number of hydrogen-bond donors (Lipinski definition) is 1. The van der Waals surface area contributed by atoms with Crippen LogP contribution in [0.2, 0.25) is 0 Å². The van der Waals surface area contributed by atoms with Crippen LogP contribution in [0, 0.1) is 0 Å². The first-order valence-corrected chi connectivity index (χ1v) is 9.88. The molecule has 144 valence electrons. The number of thiazole rings is 1. The van der Waals surface area contributed by atoms with Crippen molar-refractivity contribution in [3.8, 4) is 22.8 Å². The van der Waals surface area contributed by atoms with E-state index >= 15 is 0 Å². The van der Waals surface area contributed by atoms with Gasteiger partial charge in [-0.05, 0) is 54.5 Å². The molecule has 1 heterocycles. The van der Waals surface area contributed by atoms with Gasteiger partial charge in [-0.2, -0.15) is 0 Å². The Kier molecular flexibility index (Phi) is 6.81. The number of carbonyl (C=O) groups excluding carboxylic acids is 1. The number of aromatic nitrogens is 1. The highest BCUT2D eigenvalue weighted by Gasteiger charge is 2.07. The van der Waals surface area contributed by atoms with Gasteiger partial charge in [0.2, 0.25) is 5.91 Å². The monoisotopic (exact) mass is 394 g/mol. The van der Waals surface area contributed by atoms with Gasteiger partial charge >= 0.3 is 0 Å². The van der Waals surface area contributed by atoms with Gasteiger partial charge < -0.3 is 9.47 Å². The third-order valence-corrected chi connectivity index (χ3v) is 4.66. The number of anilines is 1. The average molecular weight is 394 g/mol. The molecule has 0 fully saturated rings. The maximum Gasteiger partial charge on any atom is 0.250 e. The van der Waals surface area contributed by atoms with Crippen molar-refractivity contribution >= 4 is 28.5 Å². The fraction of sp³-hybridized carbons (Fsp3) is 0.182. The standard InChI is InChI=1S/C22H22N2O3S/c1-3-14-27-19-11-7-17(8-12-19)20-15-28-22(23-20)24-21(25)13-6-16-4-9-18(26-2)10-5-16/h4-13,15H,3,14H2,1-2H3,(H,23,24,25). The molecule has 28 heavy (non-hydrogen) atoms. The predicted molar refractivity (Wildman–Crippen MR) is 114 cm³/mol. The molecule has 0 radical (unpaired) electrons. The first-order valence-electron chi connectivity index (χ1n) is 9.00. The minimum Gasteiger partial charge on any atom is -0.497 e. The highest BCUT2D eigenvalue weighted by molar-refractivity contribution is 7.14. The summed E-state index contributed by atoms with van der Waals surface area (Å²) in [5.41, 5.74) is 2.72. The summed E-state index contributed by atoms with van der Waals surface area (Å²) in [6, 6.07) is 15.3. The molecule has 2 aromatic carbocycles. The van der Waals surface area contributed by atoms with Crippen molar-refractivity contribution in [1.29, 1.82) is 0 Å². The lowest BCUT2D eigenvalue weighted by Gasteiger charge is -2.04. The number of methoxy groups -OCH3 is 1. The lowest BCUT2D eigenvalue weighted by molar-refractivity contribution is -0.111. The molecule has 0 aliphatic carbocycles. The lowest BCUT2D eigenvalue weighted by Crippen LogP contribution is -2.07. The number of ether oxygens (including phenoxy) is 2. The highest BCUT2D eigenvalue weighted by atomic mass is 32.1. The Morgan fingerprint density at radius 3 is 2.50 bits per heavy atom. The van der Waals surface area contributed by atoms with Gasteiger partial charge in [0.25, 0.3) is 0 Å². The summed E-state index contributed by atoms with van der Waals surface area (Å²) in [5, 5.41) is 5.28. The van der Waals surface area contributed by atoms with E-state index in [1.54, 1.807) is 13.2 Å². The van der Waals surface area contributed by atoms with E-state index in [1.165, 1.54) is 17.4 Å². The number of benzene rings is 2. The summed E-state index contributed by atoms with van der Waals surface area (Å²) in [4.78, 5) is 16.6. The van der Waals surface area contributed by atoms with Gasteiger partial charge in [-0.1, -0.05) is 19.1 Å². The van der Waals surface area contributed by atoms with E-state index in [0.29, 0.717) is 11.7 Å². The van der Waals surface area contributed by atoms with Gasteiger partial charge in [-0.3, -0.25) is 10.1 Å². The molecule has 1 amide bonds. The van der Waals surface area contributed by atoms with Crippen LogP contribution in [0.25, 0.3) is 17.3 Å². The second kappa shape index (κ2) is 9.71. The summed E-state index contributed by atoms with van der Waals surface area (Å²) >= 11 is 1.39. The molecule has 0 spiro atoms. The summed E-state index contributed by atoms with van der Waals surface area (Å²) in [7, 11) is 1.62. The van der Waals surface area contributed by atoms with E-state index in [1.807, 2.05) is 53.9 Å². The van der Waals surface area contributed by atoms with Crippen LogP contribution >= 0.6 is 11.3 Å². The molecule has 0 aliphatic heterocycles. The highest BCUT2D eigenvalue weighted by Crippen LogP contribution is 2.26. The van der Waals surface area contributed by atoms with Crippen molar-refractivity contribution in [2.45, 2.75) is 13.3 Å². The van der Waals surface area contributed by atoms with Crippen molar-refractivity contribution in [3.05, 3.63) is 65.6 Å². The van der Waals surface area contributed by atoms with E-state index in [9.17, 15) is 4.79 Å². The Hall–Kier alpha value is -3.12. The van der Waals surface area contributed by atoms with Crippen LogP contribution in [0.3, 0.4) is 0 Å². The second-order valence-corrected chi connectivity index (χ2v) is 6.86. The topological polar surface area (TPSA) is 60.5 Å². The molecule has 0 bridgehead atoms. The number of nitrogens with zero attached hydrogens (tertiary/aromatic N) is 1. The minimum absolute atomic E-state index is 0.222. The molecule has 0 unspecified atom stereocenters. The van der Waals surface area contributed by atoms with E-state index in [2.05, 4.69) is 17.2 Å². The zero-order valence-corrected chi connectivity index (χ0v) is 16.7. The lowest BCUT2D eigenvalue weighted by atomic mass is 10.2. The first kappa shape index (κ1) is 19.6.